The van der Waals surface area contributed by atoms with Crippen molar-refractivity contribution in [3.05, 3.63) is 41.5 Å². The molecular formula is C15H12O7. The molecule has 0 unspecified atom stereocenters. The standard InChI is InChI=1S/C15H12O7/c16-8-4-1-7(2-5-8)3-6-9(17)10-11(18)13(20)15(22)14(21)12(10)19/h1-6,16,18-22H. The minimum Gasteiger partial charge on any atom is -0.508 e. The number of phenols is 6. The Morgan fingerprint density at radius 1 is 0.727 bits per heavy atom. The van der Waals surface area contributed by atoms with Crippen molar-refractivity contribution in [2.75, 3.05) is 0 Å². The number of aromatic hydroxyl groups is 6. The number of carbonyl (C=O) groups excluding carboxylic acids is 1. The molecule has 0 heterocycles. The summed E-state index contributed by atoms with van der Waals surface area (Å²) in [5.41, 5.74) is -0.194. The van der Waals surface area contributed by atoms with Crippen LogP contribution in [0.3, 0.4) is 0 Å². The highest BCUT2D eigenvalue weighted by Gasteiger charge is 2.26. The summed E-state index contributed by atoms with van der Waals surface area (Å²) >= 11 is 0. The van der Waals surface area contributed by atoms with Gasteiger partial charge < -0.3 is 30.6 Å². The molecule has 114 valence electrons. The summed E-state index contributed by atoms with van der Waals surface area (Å²) in [6, 6.07) is 5.84. The fourth-order valence-corrected chi connectivity index (χ4v) is 1.76. The lowest BCUT2D eigenvalue weighted by molar-refractivity contribution is 0.104. The van der Waals surface area contributed by atoms with E-state index in [0.717, 1.165) is 6.08 Å². The summed E-state index contributed by atoms with van der Waals surface area (Å²) in [5, 5.41) is 56.4. The molecule has 0 aliphatic heterocycles. The van der Waals surface area contributed by atoms with E-state index < -0.39 is 40.1 Å². The zero-order valence-electron chi connectivity index (χ0n) is 11.1. The molecule has 2 rings (SSSR count). The van der Waals surface area contributed by atoms with Gasteiger partial charge in [0.1, 0.15) is 11.3 Å². The third-order valence-corrected chi connectivity index (χ3v) is 2.94. The summed E-state index contributed by atoms with van der Waals surface area (Å²) in [6.45, 7) is 0. The highest BCUT2D eigenvalue weighted by Crippen LogP contribution is 2.50. The van der Waals surface area contributed by atoms with Crippen LogP contribution in [0, 0.1) is 0 Å². The van der Waals surface area contributed by atoms with Gasteiger partial charge in [-0.3, -0.25) is 4.79 Å². The van der Waals surface area contributed by atoms with Gasteiger partial charge in [0, 0.05) is 0 Å². The lowest BCUT2D eigenvalue weighted by Gasteiger charge is -2.10. The van der Waals surface area contributed by atoms with Gasteiger partial charge in [0.15, 0.2) is 17.3 Å². The molecule has 6 N–H and O–H groups in total. The van der Waals surface area contributed by atoms with Crippen LogP contribution in [0.1, 0.15) is 15.9 Å². The zero-order valence-corrected chi connectivity index (χ0v) is 11.1. The van der Waals surface area contributed by atoms with Crippen molar-refractivity contribution in [2.24, 2.45) is 0 Å². The van der Waals surface area contributed by atoms with Crippen molar-refractivity contribution in [3.63, 3.8) is 0 Å². The molecule has 0 radical (unpaired) electrons. The molecule has 2 aromatic rings. The number of benzene rings is 2. The molecule has 0 aliphatic carbocycles. The summed E-state index contributed by atoms with van der Waals surface area (Å²) in [6.07, 6.45) is 2.32. The quantitative estimate of drug-likeness (QED) is 0.220. The number of ketones is 1. The second-order valence-corrected chi connectivity index (χ2v) is 4.41. The lowest BCUT2D eigenvalue weighted by atomic mass is 10.0. The van der Waals surface area contributed by atoms with Crippen molar-refractivity contribution in [1.82, 2.24) is 0 Å². The highest BCUT2D eigenvalue weighted by molar-refractivity contribution is 6.11. The smallest absolute Gasteiger partial charge is 0.208 e. The normalized spacial score (nSPS) is 10.9. The maximum Gasteiger partial charge on any atom is 0.208 e. The maximum absolute atomic E-state index is 12.0. The van der Waals surface area contributed by atoms with Crippen molar-refractivity contribution in [1.29, 1.82) is 0 Å². The SMILES string of the molecule is O=C(C=Cc1ccc(O)cc1)c1c(O)c(O)c(O)c(O)c1O. The van der Waals surface area contributed by atoms with Gasteiger partial charge >= 0.3 is 0 Å². The number of hydrogen-bond acceptors (Lipinski definition) is 7. The Morgan fingerprint density at radius 2 is 1.18 bits per heavy atom. The van der Waals surface area contributed by atoms with Crippen LogP contribution in [0.2, 0.25) is 0 Å². The predicted octanol–water partition coefficient (Wildman–Crippen LogP) is 1.82. The Labute approximate surface area is 124 Å². The number of carbonyl (C=O) groups is 1. The van der Waals surface area contributed by atoms with Crippen molar-refractivity contribution in [3.8, 4) is 34.5 Å². The van der Waals surface area contributed by atoms with E-state index in [9.17, 15) is 30.3 Å². The third kappa shape index (κ3) is 2.59. The van der Waals surface area contributed by atoms with Crippen LogP contribution in [0.15, 0.2) is 30.3 Å². The van der Waals surface area contributed by atoms with Gasteiger partial charge in [-0.15, -0.1) is 0 Å². The monoisotopic (exact) mass is 304 g/mol. The van der Waals surface area contributed by atoms with Gasteiger partial charge in [-0.05, 0) is 23.8 Å². The van der Waals surface area contributed by atoms with Crippen LogP contribution in [-0.2, 0) is 0 Å². The summed E-state index contributed by atoms with van der Waals surface area (Å²) < 4.78 is 0. The van der Waals surface area contributed by atoms with Crippen molar-refractivity contribution in [2.45, 2.75) is 0 Å². The molecule has 0 amide bonds. The predicted molar refractivity (Wildman–Crippen MR) is 76.2 cm³/mol. The molecule has 7 heteroatoms. The molecule has 0 saturated carbocycles. The first kappa shape index (κ1) is 15.0. The molecule has 0 saturated heterocycles. The largest absolute Gasteiger partial charge is 0.508 e. The van der Waals surface area contributed by atoms with E-state index in [1.54, 1.807) is 0 Å². The van der Waals surface area contributed by atoms with Crippen LogP contribution in [-0.4, -0.2) is 36.4 Å². The van der Waals surface area contributed by atoms with Gasteiger partial charge in [0.2, 0.25) is 17.2 Å². The Hall–Kier alpha value is -3.35. The second kappa shape index (κ2) is 5.57. The summed E-state index contributed by atoms with van der Waals surface area (Å²) in [7, 11) is 0. The number of phenolic OH excluding ortho intramolecular Hbond substituents is 6. The molecule has 7 nitrogen and oxygen atoms in total. The molecule has 0 spiro atoms. The minimum atomic E-state index is -1.13. The maximum atomic E-state index is 12.0. The Kier molecular flexibility index (Phi) is 3.81. The van der Waals surface area contributed by atoms with E-state index >= 15 is 0 Å². The van der Waals surface area contributed by atoms with Crippen LogP contribution in [0.25, 0.3) is 6.08 Å². The Balaban J connectivity index is 2.40. The van der Waals surface area contributed by atoms with Gasteiger partial charge in [0.25, 0.3) is 0 Å². The van der Waals surface area contributed by atoms with Crippen LogP contribution in [0.4, 0.5) is 0 Å². The molecule has 0 aromatic heterocycles. The van der Waals surface area contributed by atoms with E-state index in [4.69, 9.17) is 5.11 Å². The van der Waals surface area contributed by atoms with Crippen molar-refractivity contribution >= 4 is 11.9 Å². The molecule has 0 bridgehead atoms. The topological polar surface area (TPSA) is 138 Å². The average molecular weight is 304 g/mol. The molecule has 0 aliphatic rings. The average Bonchev–Trinajstić information content (AvgIpc) is 2.50. The van der Waals surface area contributed by atoms with Gasteiger partial charge in [-0.2, -0.15) is 0 Å². The molecular weight excluding hydrogens is 292 g/mol. The van der Waals surface area contributed by atoms with Crippen LogP contribution in [0.5, 0.6) is 34.5 Å². The van der Waals surface area contributed by atoms with E-state index in [-0.39, 0.29) is 5.75 Å². The van der Waals surface area contributed by atoms with Crippen molar-refractivity contribution < 1.29 is 35.4 Å². The molecule has 2 aromatic carbocycles. The second-order valence-electron chi connectivity index (χ2n) is 4.41. The van der Waals surface area contributed by atoms with Gasteiger partial charge in [-0.25, -0.2) is 0 Å². The fraction of sp³-hybridized carbons (Fsp3) is 0. The van der Waals surface area contributed by atoms with Crippen LogP contribution < -0.4 is 0 Å². The van der Waals surface area contributed by atoms with Gasteiger partial charge in [0.05, 0.1) is 0 Å². The number of rotatable bonds is 3. The molecule has 0 fully saturated rings. The summed E-state index contributed by atoms with van der Waals surface area (Å²) in [4.78, 5) is 12.0. The number of hydrogen-bond donors (Lipinski definition) is 6. The van der Waals surface area contributed by atoms with E-state index in [1.807, 2.05) is 0 Å². The number of allylic oxidation sites excluding steroid dienone is 1. The van der Waals surface area contributed by atoms with E-state index in [0.29, 0.717) is 5.56 Å². The summed E-state index contributed by atoms with van der Waals surface area (Å²) in [5.74, 6) is -6.32. The molecule has 22 heavy (non-hydrogen) atoms. The fourth-order valence-electron chi connectivity index (χ4n) is 1.76. The van der Waals surface area contributed by atoms with E-state index in [2.05, 4.69) is 0 Å². The highest BCUT2D eigenvalue weighted by atomic mass is 16.4. The zero-order chi connectivity index (χ0) is 16.4. The Bertz CT molecular complexity index is 731. The van der Waals surface area contributed by atoms with Gasteiger partial charge in [-0.1, -0.05) is 18.2 Å². The minimum absolute atomic E-state index is 0.0483. The van der Waals surface area contributed by atoms with Crippen LogP contribution >= 0.6 is 0 Å². The van der Waals surface area contributed by atoms with E-state index in [1.165, 1.54) is 30.3 Å². The first-order valence-electron chi connectivity index (χ1n) is 6.03. The lowest BCUT2D eigenvalue weighted by Crippen LogP contribution is -1.97. The Morgan fingerprint density at radius 3 is 1.68 bits per heavy atom. The first-order chi connectivity index (χ1) is 10.3. The molecule has 0 atom stereocenters. The first-order valence-corrected chi connectivity index (χ1v) is 6.03. The third-order valence-electron chi connectivity index (χ3n) is 2.94.